The van der Waals surface area contributed by atoms with Crippen LogP contribution in [0.5, 0.6) is 0 Å². The SMILES string of the molecule is CC12CCC(C/C1=N\N=C1/NC(=O)/C(=C/c3cn[nH]c3-c3ccccc3)S1)C2(C)C. The first kappa shape index (κ1) is 19.3. The lowest BCUT2D eigenvalue weighted by atomic mass is 9.70. The number of rotatable bonds is 3. The van der Waals surface area contributed by atoms with Gasteiger partial charge in [-0.05, 0) is 48.4 Å². The van der Waals surface area contributed by atoms with Gasteiger partial charge in [-0.1, -0.05) is 51.1 Å². The topological polar surface area (TPSA) is 82.5 Å². The summed E-state index contributed by atoms with van der Waals surface area (Å²) in [6.07, 6.45) is 7.03. The van der Waals surface area contributed by atoms with Crippen LogP contribution in [0.1, 0.15) is 45.6 Å². The third-order valence-electron chi connectivity index (χ3n) is 7.44. The zero-order valence-corrected chi connectivity index (χ0v) is 18.2. The molecule has 5 rings (SSSR count). The molecule has 2 unspecified atom stereocenters. The van der Waals surface area contributed by atoms with Gasteiger partial charge in [-0.2, -0.15) is 10.2 Å². The first-order valence-corrected chi connectivity index (χ1v) is 11.1. The second-order valence-corrected chi connectivity index (χ2v) is 10.1. The van der Waals surface area contributed by atoms with Crippen LogP contribution in [-0.2, 0) is 4.79 Å². The Hall–Kier alpha value is -2.67. The zero-order chi connectivity index (χ0) is 20.9. The predicted octanol–water partition coefficient (Wildman–Crippen LogP) is 4.84. The van der Waals surface area contributed by atoms with Crippen LogP contribution in [0, 0.1) is 16.7 Å². The summed E-state index contributed by atoms with van der Waals surface area (Å²) in [5.74, 6) is 0.527. The fraction of sp³-hybridized carbons (Fsp3) is 0.391. The van der Waals surface area contributed by atoms with Crippen LogP contribution < -0.4 is 5.32 Å². The number of carbonyl (C=O) groups is 1. The van der Waals surface area contributed by atoms with E-state index in [1.807, 2.05) is 36.4 Å². The minimum Gasteiger partial charge on any atom is -0.299 e. The van der Waals surface area contributed by atoms with Crippen LogP contribution in [0.3, 0.4) is 0 Å². The van der Waals surface area contributed by atoms with E-state index in [4.69, 9.17) is 0 Å². The molecule has 2 N–H and O–H groups in total. The lowest BCUT2D eigenvalue weighted by Gasteiger charge is -2.34. The Morgan fingerprint density at radius 1 is 1.20 bits per heavy atom. The molecular weight excluding hydrogens is 394 g/mol. The van der Waals surface area contributed by atoms with E-state index in [2.05, 4.69) is 46.5 Å². The minimum absolute atomic E-state index is 0.106. The quantitative estimate of drug-likeness (QED) is 0.552. The van der Waals surface area contributed by atoms with Crippen molar-refractivity contribution in [3.63, 3.8) is 0 Å². The molecular formula is C23H25N5OS. The molecule has 0 radical (unpaired) electrons. The minimum atomic E-state index is -0.154. The summed E-state index contributed by atoms with van der Waals surface area (Å²) in [7, 11) is 0. The molecule has 30 heavy (non-hydrogen) atoms. The molecule has 2 aliphatic carbocycles. The summed E-state index contributed by atoms with van der Waals surface area (Å²) in [6.45, 7) is 7.01. The number of amidine groups is 1. The van der Waals surface area contributed by atoms with Crippen molar-refractivity contribution in [1.29, 1.82) is 0 Å². The van der Waals surface area contributed by atoms with Crippen LogP contribution in [0.4, 0.5) is 0 Å². The molecule has 2 heterocycles. The lowest BCUT2D eigenvalue weighted by Crippen LogP contribution is -2.32. The Bertz CT molecular complexity index is 1100. The molecule has 3 fully saturated rings. The Balaban J connectivity index is 1.38. The summed E-state index contributed by atoms with van der Waals surface area (Å²) < 4.78 is 0. The molecule has 7 heteroatoms. The van der Waals surface area contributed by atoms with Crippen molar-refractivity contribution in [3.05, 3.63) is 47.0 Å². The van der Waals surface area contributed by atoms with Crippen molar-refractivity contribution in [2.75, 3.05) is 0 Å². The van der Waals surface area contributed by atoms with Gasteiger partial charge in [0.1, 0.15) is 0 Å². The summed E-state index contributed by atoms with van der Waals surface area (Å²) in [6, 6.07) is 9.95. The van der Waals surface area contributed by atoms with Gasteiger partial charge >= 0.3 is 0 Å². The van der Waals surface area contributed by atoms with Crippen molar-refractivity contribution in [3.8, 4) is 11.3 Å². The molecule has 154 valence electrons. The van der Waals surface area contributed by atoms with Crippen LogP contribution in [0.25, 0.3) is 17.3 Å². The highest BCUT2D eigenvalue weighted by Crippen LogP contribution is 2.64. The Labute approximate surface area is 180 Å². The largest absolute Gasteiger partial charge is 0.299 e. The molecule has 1 aromatic carbocycles. The zero-order valence-electron chi connectivity index (χ0n) is 17.4. The number of benzene rings is 1. The van der Waals surface area contributed by atoms with E-state index in [1.165, 1.54) is 30.3 Å². The van der Waals surface area contributed by atoms with Gasteiger partial charge in [-0.3, -0.25) is 15.2 Å². The second-order valence-electron chi connectivity index (χ2n) is 9.08. The number of aromatic amines is 1. The monoisotopic (exact) mass is 419 g/mol. The van der Waals surface area contributed by atoms with Crippen LogP contribution in [-0.4, -0.2) is 27.0 Å². The van der Waals surface area contributed by atoms with Crippen LogP contribution in [0.15, 0.2) is 51.6 Å². The van der Waals surface area contributed by atoms with Crippen LogP contribution >= 0.6 is 11.8 Å². The smallest absolute Gasteiger partial charge is 0.264 e. The summed E-state index contributed by atoms with van der Waals surface area (Å²) >= 11 is 1.32. The Kier molecular flexibility index (Phi) is 4.47. The normalized spacial score (nSPS) is 31.2. The van der Waals surface area contributed by atoms with Gasteiger partial charge in [0.05, 0.1) is 16.8 Å². The van der Waals surface area contributed by atoms with Crippen molar-refractivity contribution >= 4 is 34.6 Å². The van der Waals surface area contributed by atoms with Crippen molar-refractivity contribution < 1.29 is 4.79 Å². The van der Waals surface area contributed by atoms with Crippen LogP contribution in [0.2, 0.25) is 0 Å². The van der Waals surface area contributed by atoms with E-state index in [0.717, 1.165) is 23.2 Å². The third kappa shape index (κ3) is 2.95. The van der Waals surface area contributed by atoms with Gasteiger partial charge in [0.25, 0.3) is 5.91 Å². The number of nitrogens with zero attached hydrogens (tertiary/aromatic N) is 3. The summed E-state index contributed by atoms with van der Waals surface area (Å²) in [5.41, 5.74) is 4.32. The average Bonchev–Trinajstić information content (AvgIpc) is 3.43. The maximum atomic E-state index is 12.5. The highest BCUT2D eigenvalue weighted by molar-refractivity contribution is 8.18. The van der Waals surface area contributed by atoms with E-state index >= 15 is 0 Å². The molecule has 3 aliphatic rings. The van der Waals surface area contributed by atoms with Gasteiger partial charge in [0.2, 0.25) is 0 Å². The second kappa shape index (κ2) is 6.94. The highest BCUT2D eigenvalue weighted by atomic mass is 32.2. The molecule has 1 aromatic heterocycles. The van der Waals surface area contributed by atoms with E-state index in [9.17, 15) is 4.79 Å². The van der Waals surface area contributed by atoms with E-state index in [0.29, 0.717) is 16.0 Å². The third-order valence-corrected chi connectivity index (χ3v) is 8.34. The number of nitrogens with one attached hydrogen (secondary N) is 2. The van der Waals surface area contributed by atoms with Crippen molar-refractivity contribution in [2.45, 2.75) is 40.0 Å². The molecule has 0 spiro atoms. The molecule has 6 nitrogen and oxygen atoms in total. The molecule has 2 saturated carbocycles. The van der Waals surface area contributed by atoms with E-state index < -0.39 is 0 Å². The highest BCUT2D eigenvalue weighted by Gasteiger charge is 2.60. The van der Waals surface area contributed by atoms with Gasteiger partial charge < -0.3 is 0 Å². The molecule has 2 atom stereocenters. The van der Waals surface area contributed by atoms with E-state index in [1.54, 1.807) is 6.20 Å². The number of H-pyrrole nitrogens is 1. The lowest BCUT2D eigenvalue weighted by molar-refractivity contribution is -0.115. The molecule has 2 aromatic rings. The molecule has 2 bridgehead atoms. The number of amides is 1. The summed E-state index contributed by atoms with van der Waals surface area (Å²) in [5, 5.41) is 19.6. The van der Waals surface area contributed by atoms with Crippen molar-refractivity contribution in [2.24, 2.45) is 27.0 Å². The number of thioether (sulfide) groups is 1. The first-order chi connectivity index (χ1) is 14.4. The number of carbonyl (C=O) groups excluding carboxylic acids is 1. The number of hydrogen-bond donors (Lipinski definition) is 2. The van der Waals surface area contributed by atoms with Gasteiger partial charge in [-0.15, -0.1) is 5.10 Å². The Morgan fingerprint density at radius 2 is 2.00 bits per heavy atom. The van der Waals surface area contributed by atoms with Gasteiger partial charge in [0, 0.05) is 22.3 Å². The Morgan fingerprint density at radius 3 is 2.70 bits per heavy atom. The number of aromatic nitrogens is 2. The molecule has 1 saturated heterocycles. The molecule has 1 amide bonds. The maximum Gasteiger partial charge on any atom is 0.264 e. The van der Waals surface area contributed by atoms with E-state index in [-0.39, 0.29) is 16.7 Å². The predicted molar refractivity (Wildman–Crippen MR) is 122 cm³/mol. The van der Waals surface area contributed by atoms with Gasteiger partial charge in [0.15, 0.2) is 5.17 Å². The summed E-state index contributed by atoms with van der Waals surface area (Å²) in [4.78, 5) is 13.1. The van der Waals surface area contributed by atoms with Crippen molar-refractivity contribution in [1.82, 2.24) is 15.5 Å². The first-order valence-electron chi connectivity index (χ1n) is 10.3. The fourth-order valence-electron chi connectivity index (χ4n) is 5.04. The standard InChI is InChI=1S/C23H25N5OS/c1-22(2)16-9-10-23(22,3)18(12-16)26-28-21-25-20(29)17(30-21)11-15-13-24-27-19(15)14-7-5-4-6-8-14/h4-8,11,13,16H,9-10,12H2,1-3H3,(H,24,27)(H,25,28,29)/b17-11-,26-18+. The average molecular weight is 420 g/mol. The number of hydrogen-bond acceptors (Lipinski definition) is 5. The fourth-order valence-corrected chi connectivity index (χ4v) is 5.81. The molecule has 1 aliphatic heterocycles. The van der Waals surface area contributed by atoms with Gasteiger partial charge in [-0.25, -0.2) is 0 Å². The maximum absolute atomic E-state index is 12.5. The number of fused-ring (bicyclic) bond motifs is 2.